The number of allylic oxidation sites excluding steroid dienone is 3. The highest BCUT2D eigenvalue weighted by Crippen LogP contribution is 2.31. The van der Waals surface area contributed by atoms with E-state index in [1.165, 1.54) is 24.4 Å². The Bertz CT molecular complexity index is 1280. The third-order valence-electron chi connectivity index (χ3n) is 5.54. The van der Waals surface area contributed by atoms with Gasteiger partial charge >= 0.3 is 11.7 Å². The monoisotopic (exact) mass is 546 g/mol. The highest BCUT2D eigenvalue weighted by molar-refractivity contribution is 6.31. The van der Waals surface area contributed by atoms with Crippen molar-refractivity contribution in [2.45, 2.75) is 44.6 Å². The zero-order valence-electron chi connectivity index (χ0n) is 20.3. The number of hydrogen-bond acceptors (Lipinski definition) is 6. The Morgan fingerprint density at radius 3 is 2.59 bits per heavy atom. The van der Waals surface area contributed by atoms with Gasteiger partial charge in [-0.2, -0.15) is 0 Å². The molecule has 196 valence electrons. The van der Waals surface area contributed by atoms with E-state index in [-0.39, 0.29) is 18.1 Å². The fourth-order valence-corrected chi connectivity index (χ4v) is 3.84. The second kappa shape index (κ2) is 13.3. The largest absolute Gasteiger partial charge is 0.491 e. The smallest absolute Gasteiger partial charge is 0.338 e. The van der Waals surface area contributed by atoms with Crippen LogP contribution in [0.3, 0.4) is 0 Å². The van der Waals surface area contributed by atoms with Crippen LogP contribution in [0.2, 0.25) is 5.02 Å². The number of carbonyl (C=O) groups excluding carboxylic acids is 1. The summed E-state index contributed by atoms with van der Waals surface area (Å²) in [6, 6.07) is 8.14. The lowest BCUT2D eigenvalue weighted by atomic mass is 10.1. The normalized spacial score (nSPS) is 19.6. The molecule has 0 radical (unpaired) electrons. The lowest BCUT2D eigenvalue weighted by Crippen LogP contribution is -2.37. The first-order chi connectivity index (χ1) is 17.7. The van der Waals surface area contributed by atoms with Crippen LogP contribution in [-0.4, -0.2) is 34.3 Å². The van der Waals surface area contributed by atoms with Crippen molar-refractivity contribution in [3.05, 3.63) is 110 Å². The van der Waals surface area contributed by atoms with E-state index in [1.807, 2.05) is 6.92 Å². The van der Waals surface area contributed by atoms with Gasteiger partial charge in [-0.1, -0.05) is 55.8 Å². The van der Waals surface area contributed by atoms with E-state index < -0.39 is 35.7 Å². The molecule has 8 nitrogen and oxygen atoms in total. The first-order valence-electron chi connectivity index (χ1n) is 11.7. The number of halogens is 2. The molecule has 1 aromatic heterocycles. The molecular formula is C27H28Cl2N2O6. The second-order valence-corrected chi connectivity index (χ2v) is 9.19. The number of rotatable bonds is 11. The van der Waals surface area contributed by atoms with Crippen molar-refractivity contribution >= 4 is 34.9 Å². The van der Waals surface area contributed by atoms with Crippen molar-refractivity contribution in [3.8, 4) is 0 Å². The van der Waals surface area contributed by atoms with Gasteiger partial charge in [0.1, 0.15) is 30.8 Å². The molecular weight excluding hydrogens is 519 g/mol. The van der Waals surface area contributed by atoms with Crippen LogP contribution in [0.5, 0.6) is 0 Å². The Balaban J connectivity index is 1.82. The highest BCUT2D eigenvalue weighted by Gasteiger charge is 2.40. The van der Waals surface area contributed by atoms with E-state index in [9.17, 15) is 14.4 Å². The van der Waals surface area contributed by atoms with Gasteiger partial charge in [0.05, 0.1) is 5.57 Å². The maximum absolute atomic E-state index is 13.1. The molecule has 37 heavy (non-hydrogen) atoms. The SMILES string of the molecule is C=C(Cl)/C=C\C(=C/CCC)C(=O)OC1C[C@@H](n2c(=O)cc[nH]c2=O)OC1COC(=C)c1ccc(Cl)cc1. The summed E-state index contributed by atoms with van der Waals surface area (Å²) in [6.45, 7) is 9.46. The Hall–Kier alpha value is -3.33. The summed E-state index contributed by atoms with van der Waals surface area (Å²) in [7, 11) is 0. The number of ether oxygens (including phenoxy) is 3. The van der Waals surface area contributed by atoms with Gasteiger partial charge in [0.15, 0.2) is 0 Å². The van der Waals surface area contributed by atoms with Crippen LogP contribution in [0.1, 0.15) is 38.0 Å². The Kier molecular flexibility index (Phi) is 10.1. The zero-order chi connectivity index (χ0) is 26.9. The lowest BCUT2D eigenvalue weighted by molar-refractivity contribution is -0.148. The predicted octanol–water partition coefficient (Wildman–Crippen LogP) is 5.11. The van der Waals surface area contributed by atoms with Crippen LogP contribution < -0.4 is 11.2 Å². The molecule has 0 spiro atoms. The number of H-pyrrole nitrogens is 1. The predicted molar refractivity (Wildman–Crippen MR) is 143 cm³/mol. The zero-order valence-corrected chi connectivity index (χ0v) is 21.8. The summed E-state index contributed by atoms with van der Waals surface area (Å²) in [5.74, 6) is -0.247. The van der Waals surface area contributed by atoms with E-state index in [1.54, 1.807) is 30.3 Å². The molecule has 0 aliphatic carbocycles. The van der Waals surface area contributed by atoms with Gasteiger partial charge in [-0.15, -0.1) is 0 Å². The van der Waals surface area contributed by atoms with Crippen molar-refractivity contribution in [2.75, 3.05) is 6.61 Å². The number of esters is 1. The molecule has 3 rings (SSSR count). The molecule has 2 heterocycles. The molecule has 10 heteroatoms. The molecule has 2 aromatic rings. The molecule has 0 bridgehead atoms. The van der Waals surface area contributed by atoms with Crippen molar-refractivity contribution in [2.24, 2.45) is 0 Å². The molecule has 2 unspecified atom stereocenters. The second-order valence-electron chi connectivity index (χ2n) is 8.27. The molecule has 0 saturated carbocycles. The molecule has 3 atom stereocenters. The number of aromatic amines is 1. The van der Waals surface area contributed by atoms with Crippen molar-refractivity contribution in [3.63, 3.8) is 0 Å². The molecule has 1 aliphatic heterocycles. The summed E-state index contributed by atoms with van der Waals surface area (Å²) < 4.78 is 18.6. The average Bonchev–Trinajstić information content (AvgIpc) is 3.24. The van der Waals surface area contributed by atoms with Gasteiger partial charge in [-0.3, -0.25) is 4.79 Å². The molecule has 1 saturated heterocycles. The number of nitrogens with zero attached hydrogens (tertiary/aromatic N) is 1. The minimum Gasteiger partial charge on any atom is -0.491 e. The van der Waals surface area contributed by atoms with Gasteiger partial charge in [0.25, 0.3) is 5.56 Å². The van der Waals surface area contributed by atoms with Crippen LogP contribution >= 0.6 is 23.2 Å². The maximum atomic E-state index is 13.1. The Morgan fingerprint density at radius 2 is 1.95 bits per heavy atom. The van der Waals surface area contributed by atoms with E-state index >= 15 is 0 Å². The van der Waals surface area contributed by atoms with Crippen LogP contribution in [0.25, 0.3) is 5.76 Å². The van der Waals surface area contributed by atoms with Crippen LogP contribution in [0.4, 0.5) is 0 Å². The van der Waals surface area contributed by atoms with Gasteiger partial charge in [0, 0.05) is 34.3 Å². The first kappa shape index (κ1) is 28.2. The Morgan fingerprint density at radius 1 is 1.22 bits per heavy atom. The summed E-state index contributed by atoms with van der Waals surface area (Å²) in [4.78, 5) is 40.2. The summed E-state index contributed by atoms with van der Waals surface area (Å²) in [5.41, 5.74) is -0.175. The maximum Gasteiger partial charge on any atom is 0.338 e. The third kappa shape index (κ3) is 7.82. The molecule has 1 aromatic carbocycles. The molecule has 1 N–H and O–H groups in total. The topological polar surface area (TPSA) is 99.6 Å². The van der Waals surface area contributed by atoms with Gasteiger partial charge < -0.3 is 19.2 Å². The van der Waals surface area contributed by atoms with Crippen LogP contribution in [0.15, 0.2) is 88.1 Å². The van der Waals surface area contributed by atoms with E-state index in [2.05, 4.69) is 18.1 Å². The molecule has 1 aliphatic rings. The van der Waals surface area contributed by atoms with Crippen molar-refractivity contribution < 1.29 is 19.0 Å². The fourth-order valence-electron chi connectivity index (χ4n) is 3.65. The van der Waals surface area contributed by atoms with Crippen molar-refractivity contribution in [1.29, 1.82) is 0 Å². The molecule has 0 amide bonds. The number of hydrogen-bond donors (Lipinski definition) is 1. The summed E-state index contributed by atoms with van der Waals surface area (Å²) in [6.07, 6.45) is 4.99. The summed E-state index contributed by atoms with van der Waals surface area (Å²) >= 11 is 11.8. The van der Waals surface area contributed by atoms with Gasteiger partial charge in [0.2, 0.25) is 0 Å². The number of benzene rings is 1. The van der Waals surface area contributed by atoms with Gasteiger partial charge in [-0.05, 0) is 42.8 Å². The summed E-state index contributed by atoms with van der Waals surface area (Å²) in [5, 5.41) is 0.830. The number of carbonyl (C=O) groups is 1. The van der Waals surface area contributed by atoms with Gasteiger partial charge in [-0.25, -0.2) is 14.2 Å². The standard InChI is InChI=1S/C27H28Cl2N2O6/c1-4-5-6-20(8-7-17(2)28)26(33)37-22-15-25(31-24(32)13-14-30-27(31)34)36-23(22)16-35-18(3)19-9-11-21(29)12-10-19/h6-14,22-23,25H,2-5,15-16H2,1H3,(H,30,34)/b8-7-,20-6+/t22?,23?,25-/m0/s1. The Labute approximate surface area is 224 Å². The molecule has 1 fully saturated rings. The minimum atomic E-state index is -0.964. The van der Waals surface area contributed by atoms with E-state index in [0.717, 1.165) is 11.0 Å². The number of unbranched alkanes of at least 4 members (excludes halogenated alkanes) is 1. The number of aromatic nitrogens is 2. The average molecular weight is 547 g/mol. The number of nitrogens with one attached hydrogen (secondary N) is 1. The minimum absolute atomic E-state index is 0.0439. The first-order valence-corrected chi connectivity index (χ1v) is 12.4. The van der Waals surface area contributed by atoms with Crippen molar-refractivity contribution in [1.82, 2.24) is 9.55 Å². The van der Waals surface area contributed by atoms with E-state index in [4.69, 9.17) is 37.4 Å². The third-order valence-corrected chi connectivity index (χ3v) is 5.91. The fraction of sp³-hybridized carbons (Fsp3) is 0.296. The van der Waals surface area contributed by atoms with E-state index in [0.29, 0.717) is 28.3 Å². The highest BCUT2D eigenvalue weighted by atomic mass is 35.5. The van der Waals surface area contributed by atoms with Crippen LogP contribution in [0, 0.1) is 0 Å². The lowest BCUT2D eigenvalue weighted by Gasteiger charge is -2.20. The van der Waals surface area contributed by atoms with Crippen LogP contribution in [-0.2, 0) is 19.0 Å². The quantitative estimate of drug-likeness (QED) is 0.182.